The van der Waals surface area contributed by atoms with Gasteiger partial charge in [0.1, 0.15) is 4.90 Å². The zero-order valence-corrected chi connectivity index (χ0v) is 18.2. The van der Waals surface area contributed by atoms with Gasteiger partial charge in [0.05, 0.1) is 34.0 Å². The van der Waals surface area contributed by atoms with Crippen LogP contribution in [0.2, 0.25) is 5.02 Å². The minimum Gasteiger partial charge on any atom is -0.372 e. The maximum absolute atomic E-state index is 13.0. The first-order chi connectivity index (χ1) is 14.4. The van der Waals surface area contributed by atoms with Gasteiger partial charge in [-0.15, -0.1) is 0 Å². The number of nitrogens with zero attached hydrogens (tertiary/aromatic N) is 1. The second kappa shape index (κ2) is 8.68. The fourth-order valence-corrected chi connectivity index (χ4v) is 4.96. The summed E-state index contributed by atoms with van der Waals surface area (Å²) >= 11 is 5.88. The number of para-hydroxylation sites is 1. The highest BCUT2D eigenvalue weighted by molar-refractivity contribution is 7.92. The van der Waals surface area contributed by atoms with Gasteiger partial charge >= 0.3 is 6.18 Å². The van der Waals surface area contributed by atoms with Gasteiger partial charge in [-0.05, 0) is 44.2 Å². The van der Waals surface area contributed by atoms with Crippen molar-refractivity contribution in [3.63, 3.8) is 0 Å². The monoisotopic (exact) mass is 476 g/mol. The van der Waals surface area contributed by atoms with E-state index in [0.717, 1.165) is 6.07 Å². The molecule has 1 amide bonds. The Morgan fingerprint density at radius 2 is 1.74 bits per heavy atom. The minimum absolute atomic E-state index is 0.0622. The molecule has 6 nitrogen and oxygen atoms in total. The molecule has 2 atom stereocenters. The number of morpholine rings is 1. The Balaban J connectivity index is 1.95. The molecule has 1 aliphatic rings. The van der Waals surface area contributed by atoms with Crippen molar-refractivity contribution in [2.75, 3.05) is 17.8 Å². The van der Waals surface area contributed by atoms with Crippen LogP contribution in [-0.4, -0.2) is 44.5 Å². The number of ether oxygens (including phenoxy) is 1. The van der Waals surface area contributed by atoms with Gasteiger partial charge in [-0.2, -0.15) is 13.2 Å². The van der Waals surface area contributed by atoms with E-state index < -0.39 is 32.6 Å². The van der Waals surface area contributed by atoms with Crippen molar-refractivity contribution >= 4 is 33.2 Å². The molecule has 0 bridgehead atoms. The van der Waals surface area contributed by atoms with Gasteiger partial charge in [0.2, 0.25) is 0 Å². The predicted octanol–water partition coefficient (Wildman–Crippen LogP) is 4.41. The van der Waals surface area contributed by atoms with E-state index >= 15 is 0 Å². The number of anilines is 1. The van der Waals surface area contributed by atoms with Crippen molar-refractivity contribution in [1.29, 1.82) is 0 Å². The van der Waals surface area contributed by atoms with Crippen LogP contribution in [0.15, 0.2) is 47.4 Å². The van der Waals surface area contributed by atoms with Crippen LogP contribution in [0.3, 0.4) is 0 Å². The highest BCUT2D eigenvalue weighted by Gasteiger charge is 2.33. The number of hydrogen-bond acceptors (Lipinski definition) is 4. The first-order valence-corrected chi connectivity index (χ1v) is 11.2. The molecule has 168 valence electrons. The molecule has 1 N–H and O–H groups in total. The Morgan fingerprint density at radius 1 is 1.13 bits per heavy atom. The maximum Gasteiger partial charge on any atom is 0.416 e. The standard InChI is InChI=1S/C20H20ClF3N2O4S/c1-12-10-26(11-13(2)30-12)19(27)15-5-3-4-6-17(15)25-31(28,29)18-9-14(20(22,23)24)7-8-16(18)21/h3-9,12-13,25H,10-11H2,1-2H3. The van der Waals surface area contributed by atoms with E-state index in [4.69, 9.17) is 16.3 Å². The van der Waals surface area contributed by atoms with Gasteiger partial charge in [-0.25, -0.2) is 8.42 Å². The fourth-order valence-electron chi connectivity index (χ4n) is 3.36. The lowest BCUT2D eigenvalue weighted by Gasteiger charge is -2.35. The summed E-state index contributed by atoms with van der Waals surface area (Å²) in [4.78, 5) is 13.9. The zero-order valence-electron chi connectivity index (χ0n) is 16.6. The molecule has 1 heterocycles. The number of carbonyl (C=O) groups excluding carboxylic acids is 1. The van der Waals surface area contributed by atoms with E-state index in [0.29, 0.717) is 25.2 Å². The fraction of sp³-hybridized carbons (Fsp3) is 0.350. The van der Waals surface area contributed by atoms with Gasteiger partial charge in [-0.1, -0.05) is 23.7 Å². The second-order valence-electron chi connectivity index (χ2n) is 7.26. The van der Waals surface area contributed by atoms with Gasteiger partial charge in [0.15, 0.2) is 0 Å². The van der Waals surface area contributed by atoms with Crippen LogP contribution >= 0.6 is 11.6 Å². The molecule has 0 aromatic heterocycles. The van der Waals surface area contributed by atoms with Crippen LogP contribution < -0.4 is 4.72 Å². The third kappa shape index (κ3) is 5.31. The minimum atomic E-state index is -4.74. The van der Waals surface area contributed by atoms with E-state index in [1.54, 1.807) is 11.0 Å². The second-order valence-corrected chi connectivity index (χ2v) is 9.32. The number of sulfonamides is 1. The summed E-state index contributed by atoms with van der Waals surface area (Å²) in [5, 5.41) is -0.375. The van der Waals surface area contributed by atoms with Crippen LogP contribution in [-0.2, 0) is 20.9 Å². The first-order valence-electron chi connectivity index (χ1n) is 9.32. The molecule has 0 saturated carbocycles. The molecule has 1 fully saturated rings. The molecule has 0 radical (unpaired) electrons. The quantitative estimate of drug-likeness (QED) is 0.709. The average Bonchev–Trinajstić information content (AvgIpc) is 2.66. The van der Waals surface area contributed by atoms with Gasteiger partial charge in [-0.3, -0.25) is 9.52 Å². The average molecular weight is 477 g/mol. The van der Waals surface area contributed by atoms with Crippen molar-refractivity contribution in [3.05, 3.63) is 58.6 Å². The summed E-state index contributed by atoms with van der Waals surface area (Å²) in [7, 11) is -4.51. The molecule has 2 aromatic rings. The number of benzene rings is 2. The van der Waals surface area contributed by atoms with Crippen molar-refractivity contribution in [2.45, 2.75) is 37.1 Å². The molecule has 31 heavy (non-hydrogen) atoms. The predicted molar refractivity (Wildman–Crippen MR) is 110 cm³/mol. The maximum atomic E-state index is 13.0. The molecule has 1 saturated heterocycles. The van der Waals surface area contributed by atoms with E-state index in [9.17, 15) is 26.4 Å². The molecule has 2 unspecified atom stereocenters. The number of nitrogens with one attached hydrogen (secondary N) is 1. The lowest BCUT2D eigenvalue weighted by molar-refractivity contribution is -0.137. The summed E-state index contributed by atoms with van der Waals surface area (Å²) in [6, 6.07) is 7.90. The van der Waals surface area contributed by atoms with E-state index in [1.165, 1.54) is 18.2 Å². The van der Waals surface area contributed by atoms with Gasteiger partial charge in [0, 0.05) is 13.1 Å². The van der Waals surface area contributed by atoms with Crippen LogP contribution in [0.25, 0.3) is 0 Å². The molecule has 2 aromatic carbocycles. The third-order valence-corrected chi connectivity index (χ3v) is 6.50. The highest BCUT2D eigenvalue weighted by Crippen LogP contribution is 2.34. The topological polar surface area (TPSA) is 75.7 Å². The number of halogens is 4. The van der Waals surface area contributed by atoms with E-state index in [1.807, 2.05) is 13.8 Å². The normalized spacial score (nSPS) is 19.9. The molecule has 0 spiro atoms. The summed E-state index contributed by atoms with van der Waals surface area (Å²) in [5.74, 6) is -0.421. The highest BCUT2D eigenvalue weighted by atomic mass is 35.5. The molecular weight excluding hydrogens is 457 g/mol. The first kappa shape index (κ1) is 23.4. The molecule has 11 heteroatoms. The summed E-state index contributed by atoms with van der Waals surface area (Å²) in [6.07, 6.45) is -5.13. The summed E-state index contributed by atoms with van der Waals surface area (Å²) in [5.41, 5.74) is -1.15. The Labute approximate surface area is 183 Å². The summed E-state index contributed by atoms with van der Waals surface area (Å²) < 4.78 is 72.6. The van der Waals surface area contributed by atoms with E-state index in [2.05, 4.69) is 4.72 Å². The van der Waals surface area contributed by atoms with Crippen molar-refractivity contribution in [1.82, 2.24) is 4.90 Å². The lowest BCUT2D eigenvalue weighted by Crippen LogP contribution is -2.48. The van der Waals surface area contributed by atoms with Crippen molar-refractivity contribution in [2.24, 2.45) is 0 Å². The number of carbonyl (C=O) groups is 1. The lowest BCUT2D eigenvalue weighted by atomic mass is 10.1. The molecular formula is C20H20ClF3N2O4S. The molecule has 1 aliphatic heterocycles. The van der Waals surface area contributed by atoms with Crippen LogP contribution in [0.4, 0.5) is 18.9 Å². The molecule has 3 rings (SSSR count). The van der Waals surface area contributed by atoms with Crippen LogP contribution in [0.1, 0.15) is 29.8 Å². The van der Waals surface area contributed by atoms with E-state index in [-0.39, 0.29) is 28.5 Å². The smallest absolute Gasteiger partial charge is 0.372 e. The largest absolute Gasteiger partial charge is 0.416 e. The Morgan fingerprint density at radius 3 is 2.35 bits per heavy atom. The van der Waals surface area contributed by atoms with Crippen molar-refractivity contribution < 1.29 is 31.1 Å². The van der Waals surface area contributed by atoms with Crippen LogP contribution in [0.5, 0.6) is 0 Å². The number of hydrogen-bond donors (Lipinski definition) is 1. The van der Waals surface area contributed by atoms with Gasteiger partial charge in [0.25, 0.3) is 15.9 Å². The third-order valence-electron chi connectivity index (χ3n) is 4.66. The Hall–Kier alpha value is -2.30. The van der Waals surface area contributed by atoms with Gasteiger partial charge < -0.3 is 9.64 Å². The summed E-state index contributed by atoms with van der Waals surface area (Å²) in [6.45, 7) is 4.29. The number of rotatable bonds is 4. The zero-order chi connectivity index (χ0) is 23.0. The SMILES string of the molecule is CC1CN(C(=O)c2ccccc2NS(=O)(=O)c2cc(C(F)(F)F)ccc2Cl)CC(C)O1. The molecule has 0 aliphatic carbocycles. The number of amides is 1. The van der Waals surface area contributed by atoms with Crippen molar-refractivity contribution in [3.8, 4) is 0 Å². The Bertz CT molecular complexity index is 1080. The number of alkyl halides is 3. The van der Waals surface area contributed by atoms with Crippen LogP contribution in [0, 0.1) is 0 Å². The Kier molecular flexibility index (Phi) is 6.54.